The highest BCUT2D eigenvalue weighted by Gasteiger charge is 2.12. The number of aromatic nitrogens is 2. The molecule has 0 aliphatic heterocycles. The number of pyridine rings is 1. The molecule has 0 radical (unpaired) electrons. The van der Waals surface area contributed by atoms with E-state index in [4.69, 9.17) is 5.73 Å². The van der Waals surface area contributed by atoms with Crippen LogP contribution in [0.3, 0.4) is 0 Å². The highest BCUT2D eigenvalue weighted by Crippen LogP contribution is 2.29. The van der Waals surface area contributed by atoms with Crippen LogP contribution in [-0.2, 0) is 0 Å². The fourth-order valence-corrected chi connectivity index (χ4v) is 2.55. The predicted octanol–water partition coefficient (Wildman–Crippen LogP) is 3.65. The lowest BCUT2D eigenvalue weighted by Gasteiger charge is -2.04. The lowest BCUT2D eigenvalue weighted by atomic mass is 10.2. The molecule has 0 amide bonds. The average molecular weight is 302 g/mol. The Labute approximate surface area is 113 Å². The van der Waals surface area contributed by atoms with Crippen LogP contribution in [0.1, 0.15) is 5.69 Å². The first-order chi connectivity index (χ1) is 8.66. The molecule has 2 heterocycles. The number of nitrogen functional groups attached to an aromatic ring is 1. The molecule has 2 N–H and O–H groups in total. The van der Waals surface area contributed by atoms with Gasteiger partial charge in [0.25, 0.3) is 0 Å². The van der Waals surface area contributed by atoms with Gasteiger partial charge in [0.05, 0.1) is 11.2 Å². The Morgan fingerprint density at radius 1 is 1.17 bits per heavy atom. The van der Waals surface area contributed by atoms with Crippen molar-refractivity contribution in [1.29, 1.82) is 0 Å². The number of benzene rings is 1. The number of nitrogens with zero attached hydrogens (tertiary/aromatic N) is 2. The molecule has 0 atom stereocenters. The van der Waals surface area contributed by atoms with E-state index in [0.29, 0.717) is 0 Å². The van der Waals surface area contributed by atoms with Crippen LogP contribution < -0.4 is 5.73 Å². The number of hydrogen-bond donors (Lipinski definition) is 1. The summed E-state index contributed by atoms with van der Waals surface area (Å²) in [6.45, 7) is 2.01. The van der Waals surface area contributed by atoms with Crippen LogP contribution in [0.15, 0.2) is 47.1 Å². The molecule has 3 aromatic rings. The number of nitrogens with two attached hydrogens (primary N) is 1. The SMILES string of the molecule is Cc1nc(-c2ccccc2Br)n2cc(N)ccc12. The lowest BCUT2D eigenvalue weighted by molar-refractivity contribution is 1.16. The van der Waals surface area contributed by atoms with Crippen molar-refractivity contribution >= 4 is 27.1 Å². The van der Waals surface area contributed by atoms with Gasteiger partial charge in [0, 0.05) is 21.9 Å². The van der Waals surface area contributed by atoms with Crippen LogP contribution in [0.5, 0.6) is 0 Å². The third-order valence-electron chi connectivity index (χ3n) is 2.96. The van der Waals surface area contributed by atoms with Gasteiger partial charge in [-0.25, -0.2) is 4.98 Å². The van der Waals surface area contributed by atoms with E-state index < -0.39 is 0 Å². The van der Waals surface area contributed by atoms with Gasteiger partial charge in [-0.3, -0.25) is 4.40 Å². The van der Waals surface area contributed by atoms with Crippen molar-refractivity contribution in [1.82, 2.24) is 9.38 Å². The largest absolute Gasteiger partial charge is 0.398 e. The van der Waals surface area contributed by atoms with Gasteiger partial charge in [-0.05, 0) is 25.1 Å². The third kappa shape index (κ3) is 1.69. The molecule has 1 aromatic carbocycles. The Bertz CT molecular complexity index is 731. The number of imidazole rings is 1. The van der Waals surface area contributed by atoms with Crippen molar-refractivity contribution in [2.45, 2.75) is 6.92 Å². The van der Waals surface area contributed by atoms with Gasteiger partial charge in [0.2, 0.25) is 0 Å². The summed E-state index contributed by atoms with van der Waals surface area (Å²) in [7, 11) is 0. The quantitative estimate of drug-likeness (QED) is 0.745. The monoisotopic (exact) mass is 301 g/mol. The normalized spacial score (nSPS) is 11.0. The van der Waals surface area contributed by atoms with Crippen LogP contribution in [0.2, 0.25) is 0 Å². The van der Waals surface area contributed by atoms with E-state index in [1.54, 1.807) is 0 Å². The maximum Gasteiger partial charge on any atom is 0.146 e. The van der Waals surface area contributed by atoms with E-state index in [1.807, 2.05) is 53.9 Å². The second kappa shape index (κ2) is 4.14. The van der Waals surface area contributed by atoms with Crippen LogP contribution in [0, 0.1) is 6.92 Å². The fraction of sp³-hybridized carbons (Fsp3) is 0.0714. The summed E-state index contributed by atoms with van der Waals surface area (Å²) in [6.07, 6.45) is 1.91. The average Bonchev–Trinajstić information content (AvgIpc) is 2.67. The van der Waals surface area contributed by atoms with Crippen LogP contribution in [0.25, 0.3) is 16.9 Å². The number of fused-ring (bicyclic) bond motifs is 1. The van der Waals surface area contributed by atoms with E-state index in [0.717, 1.165) is 32.8 Å². The van der Waals surface area contributed by atoms with E-state index >= 15 is 0 Å². The van der Waals surface area contributed by atoms with E-state index in [2.05, 4.69) is 20.9 Å². The third-order valence-corrected chi connectivity index (χ3v) is 3.65. The Morgan fingerprint density at radius 3 is 2.72 bits per heavy atom. The smallest absolute Gasteiger partial charge is 0.146 e. The number of halogens is 1. The standard InChI is InChI=1S/C14H12BrN3/c1-9-13-7-6-10(16)8-18(13)14(17-9)11-4-2-3-5-12(11)15/h2-8H,16H2,1H3. The molecule has 3 nitrogen and oxygen atoms in total. The van der Waals surface area contributed by atoms with E-state index in [1.165, 1.54) is 0 Å². The maximum atomic E-state index is 5.86. The summed E-state index contributed by atoms with van der Waals surface area (Å²) in [5.41, 5.74) is 9.73. The first-order valence-electron chi connectivity index (χ1n) is 5.66. The minimum Gasteiger partial charge on any atom is -0.398 e. The van der Waals surface area contributed by atoms with Gasteiger partial charge in [-0.2, -0.15) is 0 Å². The second-order valence-corrected chi connectivity index (χ2v) is 5.07. The molecule has 0 bridgehead atoms. The molecule has 0 fully saturated rings. The first-order valence-corrected chi connectivity index (χ1v) is 6.45. The zero-order valence-corrected chi connectivity index (χ0v) is 11.5. The van der Waals surface area contributed by atoms with Gasteiger partial charge >= 0.3 is 0 Å². The Morgan fingerprint density at radius 2 is 1.94 bits per heavy atom. The summed E-state index contributed by atoms with van der Waals surface area (Å²) >= 11 is 3.56. The van der Waals surface area contributed by atoms with E-state index in [9.17, 15) is 0 Å². The molecule has 3 rings (SSSR count). The van der Waals surface area contributed by atoms with Crippen molar-refractivity contribution in [3.05, 3.63) is 52.8 Å². The second-order valence-electron chi connectivity index (χ2n) is 4.22. The predicted molar refractivity (Wildman–Crippen MR) is 77.5 cm³/mol. The zero-order chi connectivity index (χ0) is 12.7. The topological polar surface area (TPSA) is 43.3 Å². The number of rotatable bonds is 1. The molecule has 0 aliphatic carbocycles. The van der Waals surface area contributed by atoms with Crippen molar-refractivity contribution in [2.75, 3.05) is 5.73 Å². The zero-order valence-electron chi connectivity index (χ0n) is 9.89. The summed E-state index contributed by atoms with van der Waals surface area (Å²) in [6, 6.07) is 11.9. The van der Waals surface area contributed by atoms with E-state index in [-0.39, 0.29) is 0 Å². The Hall–Kier alpha value is -1.81. The summed E-state index contributed by atoms with van der Waals surface area (Å²) in [5.74, 6) is 0.905. The Balaban J connectivity index is 2.36. The molecule has 2 aromatic heterocycles. The van der Waals surface area contributed by atoms with Gasteiger partial charge in [0.15, 0.2) is 0 Å². The summed E-state index contributed by atoms with van der Waals surface area (Å²) < 4.78 is 3.06. The highest BCUT2D eigenvalue weighted by atomic mass is 79.9. The van der Waals surface area contributed by atoms with Gasteiger partial charge in [0.1, 0.15) is 5.82 Å². The molecule has 18 heavy (non-hydrogen) atoms. The van der Waals surface area contributed by atoms with Crippen molar-refractivity contribution < 1.29 is 0 Å². The highest BCUT2D eigenvalue weighted by molar-refractivity contribution is 9.10. The number of hydrogen-bond acceptors (Lipinski definition) is 2. The molecule has 0 aliphatic rings. The first kappa shape index (κ1) is 11.3. The van der Waals surface area contributed by atoms with Crippen LogP contribution >= 0.6 is 15.9 Å². The molecular formula is C14H12BrN3. The molecule has 90 valence electrons. The van der Waals surface area contributed by atoms with Crippen molar-refractivity contribution in [3.8, 4) is 11.4 Å². The van der Waals surface area contributed by atoms with Crippen LogP contribution in [0.4, 0.5) is 5.69 Å². The number of anilines is 1. The van der Waals surface area contributed by atoms with Gasteiger partial charge < -0.3 is 5.73 Å². The maximum absolute atomic E-state index is 5.86. The molecule has 0 saturated heterocycles. The fourth-order valence-electron chi connectivity index (χ4n) is 2.09. The van der Waals surface area contributed by atoms with Crippen molar-refractivity contribution in [2.24, 2.45) is 0 Å². The summed E-state index contributed by atoms with van der Waals surface area (Å²) in [4.78, 5) is 4.64. The van der Waals surface area contributed by atoms with Crippen molar-refractivity contribution in [3.63, 3.8) is 0 Å². The Kier molecular flexibility index (Phi) is 2.59. The van der Waals surface area contributed by atoms with Crippen LogP contribution in [-0.4, -0.2) is 9.38 Å². The molecule has 4 heteroatoms. The molecule has 0 spiro atoms. The minimum absolute atomic E-state index is 0.730. The lowest BCUT2D eigenvalue weighted by Crippen LogP contribution is -1.93. The molecule has 0 saturated carbocycles. The van der Waals surface area contributed by atoms with Gasteiger partial charge in [-0.15, -0.1) is 0 Å². The molecular weight excluding hydrogens is 290 g/mol. The number of aryl methyl sites for hydroxylation is 1. The van der Waals surface area contributed by atoms with Gasteiger partial charge in [-0.1, -0.05) is 34.1 Å². The minimum atomic E-state index is 0.730. The molecule has 0 unspecified atom stereocenters. The summed E-state index contributed by atoms with van der Waals surface area (Å²) in [5, 5.41) is 0.